The van der Waals surface area contributed by atoms with Crippen molar-refractivity contribution in [3.05, 3.63) is 202 Å². The fourth-order valence-electron chi connectivity index (χ4n) is 8.47. The standard InChI is InChI=1S/C10H15N3O.C10H16N2O.C9H13N3O.C8H11N3O.2C7H11NO.2C7H11NS.C6H10N2.2C6H9NS/c1-7(2)9-3-10(12-6-11-9)13-4-8(14)5-13;1-7(2)8-5-9(10(3,4)13)12-6-11-8;1-6(2)8-4-9(11-5-10-8)12-7(3)13;1-5(2)6-3-7(8(9)12)11-4-10-6;1-5(2)7-4-6(3)9-8-7;1-5(2)7-4-6(3)8-9-7;1-5(2)7-8-6(3)4-9-7;1-5(2)7-8-4-6(3)9-7;1-5(2)6-3-7-8-4-6;1-5(2)6-3-7-4-8-6;1-5(2)6-7-3-4-8-6/h3,6-8,14H,4-5H2,1-2H3;5-7,13H,1-4H3;4-6H,1-3H3,(H,10,11,12,13);3-5H,1-2H3,(H2,9,12);4*4-5H,1-3H3;3-5H,1-2H3,(H,7,8);2*3-5H,1-2H3. The van der Waals surface area contributed by atoms with E-state index in [0.717, 1.165) is 57.2 Å². The zero-order chi connectivity index (χ0) is 84.5. The maximum atomic E-state index is 10.7. The lowest BCUT2D eigenvalue weighted by atomic mass is 10.0. The third-order valence-electron chi connectivity index (χ3n) is 15.3. The Balaban J connectivity index is 0.000000420. The molecule has 12 rings (SSSR count). The molecule has 1 aliphatic rings. The van der Waals surface area contributed by atoms with E-state index in [2.05, 4.69) is 227 Å². The number of nitrogens with one attached hydrogen (secondary N) is 2. The minimum atomic E-state index is -0.882. The molecule has 12 heterocycles. The molecule has 25 nitrogen and oxygen atoms in total. The summed E-state index contributed by atoms with van der Waals surface area (Å²) in [6.45, 7) is 60.6. The number of thiazole rings is 4. The number of aliphatic hydroxyl groups excluding tert-OH is 1. The Kier molecular flexibility index (Phi) is 45.8. The lowest BCUT2D eigenvalue weighted by molar-refractivity contribution is -0.114. The van der Waals surface area contributed by atoms with E-state index in [1.54, 1.807) is 77.7 Å². The van der Waals surface area contributed by atoms with E-state index in [9.17, 15) is 19.8 Å². The highest BCUT2D eigenvalue weighted by atomic mass is 32.1. The van der Waals surface area contributed by atoms with Crippen LogP contribution < -0.4 is 16.0 Å². The van der Waals surface area contributed by atoms with E-state index in [-0.39, 0.29) is 23.6 Å². The van der Waals surface area contributed by atoms with Crippen LogP contribution in [0.15, 0.2) is 118 Å². The van der Waals surface area contributed by atoms with Gasteiger partial charge in [-0.05, 0) is 101 Å². The minimum absolute atomic E-state index is 0.117. The molecule has 0 radical (unpaired) electrons. The van der Waals surface area contributed by atoms with Gasteiger partial charge in [0.25, 0.3) is 5.91 Å². The summed E-state index contributed by atoms with van der Waals surface area (Å²) in [6, 6.07) is 11.2. The number of aliphatic hydroxyl groups is 2. The van der Waals surface area contributed by atoms with Gasteiger partial charge in [-0.1, -0.05) is 163 Å². The monoisotopic (exact) mass is 1610 g/mol. The van der Waals surface area contributed by atoms with Gasteiger partial charge >= 0.3 is 0 Å². The lowest BCUT2D eigenvalue weighted by Crippen LogP contribution is -2.51. The highest BCUT2D eigenvalue weighted by molar-refractivity contribution is 7.11. The van der Waals surface area contributed by atoms with Crippen LogP contribution in [-0.2, 0) is 10.4 Å². The first kappa shape index (κ1) is 99.2. The molecular weight excluding hydrogens is 1490 g/mol. The van der Waals surface area contributed by atoms with Crippen molar-refractivity contribution in [2.45, 2.75) is 278 Å². The van der Waals surface area contributed by atoms with Gasteiger partial charge in [-0.2, -0.15) is 5.10 Å². The number of β-amino-alcohol motifs (C(OH)–C–C–N with tert-alkyl or cyclic N) is 1. The second kappa shape index (κ2) is 51.7. The molecule has 0 unspecified atom stereocenters. The van der Waals surface area contributed by atoms with Crippen LogP contribution in [0, 0.1) is 27.7 Å². The number of amides is 2. The largest absolute Gasteiger partial charge is 0.389 e. The van der Waals surface area contributed by atoms with Crippen molar-refractivity contribution in [3.63, 3.8) is 0 Å². The SMILES string of the molecule is CC(=O)Nc1cc(C(C)C)ncn1.CC(C)c1cc(C(C)(C)O)ncn1.CC(C)c1cc(C(N)=O)ncn1.CC(C)c1cc(N2CC(O)C2)ncn1.CC(C)c1cn[nH]c1.CC(C)c1cncs1.CC(C)c1nccs1.Cc1cc(C(C)C)no1.Cc1cc(C(C)C)on1.Cc1cnc(C(C)C)s1.Cc1csc(C(C)C)n1. The summed E-state index contributed by atoms with van der Waals surface area (Å²) in [5, 5.41) is 43.5. The number of H-pyrrole nitrogens is 1. The normalized spacial score (nSPS) is 11.5. The number of nitrogens with two attached hydrogens (primary N) is 1. The molecule has 0 saturated carbocycles. The summed E-state index contributed by atoms with van der Waals surface area (Å²) < 4.78 is 9.85. The Morgan fingerprint density at radius 1 is 0.554 bits per heavy atom. The van der Waals surface area contributed by atoms with Gasteiger partial charge in [0.15, 0.2) is 0 Å². The van der Waals surface area contributed by atoms with E-state index < -0.39 is 11.5 Å². The number of carbonyl (C=O) groups excluding carboxylic acids is 2. The number of carbonyl (C=O) groups is 2. The van der Waals surface area contributed by atoms with Crippen LogP contribution >= 0.6 is 45.3 Å². The molecule has 1 saturated heterocycles. The highest BCUT2D eigenvalue weighted by Gasteiger charge is 2.26. The first-order chi connectivity index (χ1) is 52.5. The van der Waals surface area contributed by atoms with Gasteiger partial charge in [0.05, 0.1) is 49.9 Å². The van der Waals surface area contributed by atoms with Crippen LogP contribution in [0.5, 0.6) is 0 Å². The second-order valence-corrected chi connectivity index (χ2v) is 34.3. The zero-order valence-corrected chi connectivity index (χ0v) is 74.9. The Labute approximate surface area is 682 Å². The molecule has 0 aromatic carbocycles. The first-order valence-electron chi connectivity index (χ1n) is 38.0. The molecule has 11 aromatic rings. The van der Waals surface area contributed by atoms with Crippen molar-refractivity contribution in [1.82, 2.24) is 80.3 Å². The summed E-state index contributed by atoms with van der Waals surface area (Å²) in [6.07, 6.45) is 15.2. The third-order valence-corrected chi connectivity index (χ3v) is 20.0. The smallest absolute Gasteiger partial charge is 0.267 e. The molecule has 0 aliphatic carbocycles. The lowest BCUT2D eigenvalue weighted by Gasteiger charge is -2.36. The van der Waals surface area contributed by atoms with Gasteiger partial charge in [-0.3, -0.25) is 19.7 Å². The third kappa shape index (κ3) is 40.5. The van der Waals surface area contributed by atoms with Crippen LogP contribution in [0.25, 0.3) is 0 Å². The molecule has 112 heavy (non-hydrogen) atoms. The number of aromatic amines is 1. The molecule has 1 aliphatic heterocycles. The van der Waals surface area contributed by atoms with Crippen molar-refractivity contribution < 1.29 is 28.8 Å². The fraction of sp³-hybridized carbons (Fsp3) is 0.530. The molecule has 2 amide bonds. The molecule has 0 atom stereocenters. The van der Waals surface area contributed by atoms with E-state index in [4.69, 9.17) is 14.8 Å². The van der Waals surface area contributed by atoms with Gasteiger partial charge < -0.3 is 35.2 Å². The fourth-order valence-corrected chi connectivity index (χ4v) is 11.4. The van der Waals surface area contributed by atoms with Crippen molar-refractivity contribution in [2.75, 3.05) is 23.3 Å². The number of aryl methyl sites for hydroxylation is 4. The molecule has 614 valence electrons. The van der Waals surface area contributed by atoms with Crippen LogP contribution in [0.3, 0.4) is 0 Å². The molecule has 29 heteroatoms. The zero-order valence-electron chi connectivity index (χ0n) is 71.6. The number of anilines is 2. The van der Waals surface area contributed by atoms with Gasteiger partial charge in [0.1, 0.15) is 59.8 Å². The summed E-state index contributed by atoms with van der Waals surface area (Å²) in [4.78, 5) is 75.1. The highest BCUT2D eigenvalue weighted by Crippen LogP contribution is 2.25. The summed E-state index contributed by atoms with van der Waals surface area (Å²) >= 11 is 6.97. The Morgan fingerprint density at radius 2 is 1.11 bits per heavy atom. The molecule has 0 spiro atoms. The van der Waals surface area contributed by atoms with Crippen molar-refractivity contribution in [3.8, 4) is 0 Å². The van der Waals surface area contributed by atoms with Crippen molar-refractivity contribution >= 4 is 68.8 Å². The number of aromatic nitrogens is 16. The Hall–Kier alpha value is -8.87. The molecule has 1 fully saturated rings. The number of nitrogens with zero attached hydrogens (tertiary/aromatic N) is 16. The van der Waals surface area contributed by atoms with E-state index in [0.29, 0.717) is 83.8 Å². The maximum Gasteiger partial charge on any atom is 0.267 e. The van der Waals surface area contributed by atoms with Gasteiger partial charge in [-0.25, -0.2) is 54.8 Å². The predicted molar refractivity (Wildman–Crippen MR) is 458 cm³/mol. The number of primary amides is 1. The van der Waals surface area contributed by atoms with Crippen LogP contribution in [0.4, 0.5) is 11.6 Å². The topological polar surface area (TPSA) is 351 Å². The first-order valence-corrected chi connectivity index (χ1v) is 41.4. The average Bonchev–Trinajstić information content (AvgIpc) is 1.46. The Morgan fingerprint density at radius 3 is 1.45 bits per heavy atom. The van der Waals surface area contributed by atoms with E-state index in [1.807, 2.05) is 115 Å². The molecular formula is C83H127N19O6S4. The minimum Gasteiger partial charge on any atom is -0.389 e. The number of hydrogen-bond donors (Lipinski definition) is 5. The van der Waals surface area contributed by atoms with Gasteiger partial charge in [-0.15, -0.1) is 45.3 Å². The second-order valence-electron chi connectivity index (χ2n) is 30.3. The molecule has 6 N–H and O–H groups in total. The molecule has 11 aromatic heterocycles. The molecule has 0 bridgehead atoms. The maximum absolute atomic E-state index is 10.7. The summed E-state index contributed by atoms with van der Waals surface area (Å²) in [5.41, 5.74) is 15.2. The number of rotatable bonds is 15. The van der Waals surface area contributed by atoms with Crippen LogP contribution in [0.2, 0.25) is 0 Å². The van der Waals surface area contributed by atoms with Gasteiger partial charge in [0.2, 0.25) is 5.91 Å². The quantitative estimate of drug-likeness (QED) is 0.0636. The predicted octanol–water partition coefficient (Wildman–Crippen LogP) is 20.3. The van der Waals surface area contributed by atoms with Crippen LogP contribution in [0.1, 0.15) is 336 Å². The summed E-state index contributed by atoms with van der Waals surface area (Å²) in [5.74, 6) is 8.04. The summed E-state index contributed by atoms with van der Waals surface area (Å²) in [7, 11) is 0. The van der Waals surface area contributed by atoms with Crippen LogP contribution in [-0.4, -0.2) is 122 Å². The van der Waals surface area contributed by atoms with Gasteiger partial charge in [0, 0.05) is 142 Å². The van der Waals surface area contributed by atoms with Crippen molar-refractivity contribution in [2.24, 2.45) is 5.73 Å². The van der Waals surface area contributed by atoms with Crippen molar-refractivity contribution in [1.29, 1.82) is 0 Å². The Bertz CT molecular complexity index is 4010. The average molecular weight is 1620 g/mol. The number of hydrogen-bond acceptors (Lipinski definition) is 26. The van der Waals surface area contributed by atoms with E-state index >= 15 is 0 Å². The van der Waals surface area contributed by atoms with E-state index in [1.165, 1.54) is 56.2 Å².